The van der Waals surface area contributed by atoms with Crippen molar-refractivity contribution in [3.8, 4) is 11.5 Å². The van der Waals surface area contributed by atoms with Crippen LogP contribution in [0, 0.1) is 0 Å². The molecule has 22 heavy (non-hydrogen) atoms. The Morgan fingerprint density at radius 2 is 1.91 bits per heavy atom. The average Bonchev–Trinajstić information content (AvgIpc) is 3.05. The first-order valence-electron chi connectivity index (χ1n) is 7.51. The monoisotopic (exact) mass is 308 g/mol. The number of nitrogens with two attached hydrogens (primary N) is 1. The number of rotatable bonds is 7. The van der Waals surface area contributed by atoms with E-state index in [2.05, 4.69) is 4.90 Å². The third kappa shape index (κ3) is 3.69. The van der Waals surface area contributed by atoms with Gasteiger partial charge in [0.15, 0.2) is 11.5 Å². The Morgan fingerprint density at radius 1 is 1.27 bits per heavy atom. The summed E-state index contributed by atoms with van der Waals surface area (Å²) in [6.07, 6.45) is 2.64. The zero-order chi connectivity index (χ0) is 16.1. The summed E-state index contributed by atoms with van der Waals surface area (Å²) in [6, 6.07) is 4.82. The lowest BCUT2D eigenvalue weighted by atomic mass is 9.97. The van der Waals surface area contributed by atoms with Gasteiger partial charge in [0.1, 0.15) is 6.04 Å². The number of aliphatic carboxylic acids is 1. The maximum absolute atomic E-state index is 11.1. The van der Waals surface area contributed by atoms with Crippen LogP contribution in [0.4, 0.5) is 0 Å². The van der Waals surface area contributed by atoms with Crippen LogP contribution in [-0.2, 0) is 4.79 Å². The summed E-state index contributed by atoms with van der Waals surface area (Å²) in [6.45, 7) is 1.93. The number of likely N-dealkylation sites (tertiary alicyclic amines) is 1. The molecule has 6 heteroatoms. The number of carboxylic acid groups (broad SMARTS) is 1. The molecule has 0 unspecified atom stereocenters. The molecule has 122 valence electrons. The highest BCUT2D eigenvalue weighted by Gasteiger charge is 2.28. The van der Waals surface area contributed by atoms with Gasteiger partial charge in [0.2, 0.25) is 0 Å². The maximum atomic E-state index is 11.1. The van der Waals surface area contributed by atoms with E-state index in [0.29, 0.717) is 17.9 Å². The number of hydrogen-bond donors (Lipinski definition) is 2. The summed E-state index contributed by atoms with van der Waals surface area (Å²) in [5.74, 6) is 0.340. The van der Waals surface area contributed by atoms with Crippen LogP contribution in [-0.4, -0.2) is 49.3 Å². The fourth-order valence-electron chi connectivity index (χ4n) is 2.95. The van der Waals surface area contributed by atoms with Gasteiger partial charge in [-0.05, 0) is 50.0 Å². The van der Waals surface area contributed by atoms with E-state index >= 15 is 0 Å². The lowest BCUT2D eigenvalue weighted by Gasteiger charge is -2.29. The van der Waals surface area contributed by atoms with E-state index < -0.39 is 12.0 Å². The zero-order valence-electron chi connectivity index (χ0n) is 13.1. The molecule has 3 N–H and O–H groups in total. The molecule has 1 aromatic carbocycles. The van der Waals surface area contributed by atoms with Gasteiger partial charge in [0.25, 0.3) is 0 Å². The molecular weight excluding hydrogens is 284 g/mol. The van der Waals surface area contributed by atoms with Crippen LogP contribution < -0.4 is 15.2 Å². The van der Waals surface area contributed by atoms with Crippen molar-refractivity contribution in [3.63, 3.8) is 0 Å². The van der Waals surface area contributed by atoms with Crippen molar-refractivity contribution >= 4 is 5.97 Å². The molecule has 0 aliphatic carbocycles. The maximum Gasteiger partial charge on any atom is 0.320 e. The van der Waals surface area contributed by atoms with E-state index in [4.69, 9.17) is 20.3 Å². The molecule has 1 aliphatic heterocycles. The topological polar surface area (TPSA) is 85.0 Å². The van der Waals surface area contributed by atoms with Gasteiger partial charge in [-0.15, -0.1) is 0 Å². The lowest BCUT2D eigenvalue weighted by Crippen LogP contribution is -2.36. The van der Waals surface area contributed by atoms with Crippen LogP contribution in [0.15, 0.2) is 18.2 Å². The third-order valence-corrected chi connectivity index (χ3v) is 4.17. The average molecular weight is 308 g/mol. The fraction of sp³-hybridized carbons (Fsp3) is 0.562. The lowest BCUT2D eigenvalue weighted by molar-refractivity contribution is -0.139. The van der Waals surface area contributed by atoms with E-state index in [9.17, 15) is 4.79 Å². The summed E-state index contributed by atoms with van der Waals surface area (Å²) in [4.78, 5) is 13.4. The van der Waals surface area contributed by atoms with Gasteiger partial charge in [-0.3, -0.25) is 9.69 Å². The van der Waals surface area contributed by atoms with Crippen molar-refractivity contribution < 1.29 is 19.4 Å². The summed E-state index contributed by atoms with van der Waals surface area (Å²) in [5.41, 5.74) is 6.78. The molecule has 2 rings (SSSR count). The molecular formula is C16H24N2O4. The minimum Gasteiger partial charge on any atom is -0.493 e. The number of benzene rings is 1. The van der Waals surface area contributed by atoms with Crippen LogP contribution in [0.1, 0.15) is 30.9 Å². The standard InChI is InChI=1S/C16H24N2O4/c1-21-14-6-5-11(9-15(14)22-2)13(10-12(17)16(19)20)18-7-3-4-8-18/h5-6,9,12-13H,3-4,7-8,10,17H2,1-2H3,(H,19,20)/t12-,13+/m0/s1. The predicted molar refractivity (Wildman–Crippen MR) is 83.3 cm³/mol. The van der Waals surface area contributed by atoms with Crippen LogP contribution in [0.2, 0.25) is 0 Å². The van der Waals surface area contributed by atoms with Crippen molar-refractivity contribution in [2.45, 2.75) is 31.3 Å². The third-order valence-electron chi connectivity index (χ3n) is 4.17. The van der Waals surface area contributed by atoms with Crippen molar-refractivity contribution in [2.75, 3.05) is 27.3 Å². The molecule has 0 saturated carbocycles. The minimum atomic E-state index is -0.968. The highest BCUT2D eigenvalue weighted by atomic mass is 16.5. The summed E-state index contributed by atoms with van der Waals surface area (Å²) in [7, 11) is 3.19. The summed E-state index contributed by atoms with van der Waals surface area (Å²) in [5, 5.41) is 9.12. The Labute approximate surface area is 130 Å². The Hall–Kier alpha value is -1.79. The van der Waals surface area contributed by atoms with Crippen molar-refractivity contribution in [3.05, 3.63) is 23.8 Å². The van der Waals surface area contributed by atoms with E-state index in [-0.39, 0.29) is 6.04 Å². The quantitative estimate of drug-likeness (QED) is 0.796. The second kappa shape index (κ2) is 7.47. The molecule has 0 aromatic heterocycles. The Balaban J connectivity index is 2.29. The van der Waals surface area contributed by atoms with Crippen molar-refractivity contribution in [2.24, 2.45) is 5.73 Å². The van der Waals surface area contributed by atoms with Crippen LogP contribution in [0.5, 0.6) is 11.5 Å². The second-order valence-electron chi connectivity index (χ2n) is 5.55. The molecule has 1 aliphatic rings. The van der Waals surface area contributed by atoms with Gasteiger partial charge in [-0.25, -0.2) is 0 Å². The van der Waals surface area contributed by atoms with Crippen molar-refractivity contribution in [1.82, 2.24) is 4.90 Å². The molecule has 6 nitrogen and oxygen atoms in total. The molecule has 0 bridgehead atoms. The Kier molecular flexibility index (Phi) is 5.63. The van der Waals surface area contributed by atoms with Gasteiger partial charge in [0, 0.05) is 6.04 Å². The van der Waals surface area contributed by atoms with E-state index in [1.165, 1.54) is 0 Å². The molecule has 0 amide bonds. The van der Waals surface area contributed by atoms with Crippen LogP contribution in [0.25, 0.3) is 0 Å². The summed E-state index contributed by atoms with van der Waals surface area (Å²) < 4.78 is 10.6. The molecule has 2 atom stereocenters. The van der Waals surface area contributed by atoms with Crippen LogP contribution in [0.3, 0.4) is 0 Å². The SMILES string of the molecule is COc1ccc([C@@H](C[C@H](N)C(=O)O)N2CCCC2)cc1OC. The highest BCUT2D eigenvalue weighted by molar-refractivity contribution is 5.73. The highest BCUT2D eigenvalue weighted by Crippen LogP contribution is 2.35. The number of ether oxygens (including phenoxy) is 2. The molecule has 0 spiro atoms. The normalized spacial score (nSPS) is 18.0. The zero-order valence-corrected chi connectivity index (χ0v) is 13.1. The number of carboxylic acids is 1. The number of carbonyl (C=O) groups is 1. The summed E-state index contributed by atoms with van der Waals surface area (Å²) >= 11 is 0. The van der Waals surface area contributed by atoms with Gasteiger partial charge in [-0.1, -0.05) is 6.07 Å². The first kappa shape index (κ1) is 16.6. The van der Waals surface area contributed by atoms with Gasteiger partial charge < -0.3 is 20.3 Å². The fourth-order valence-corrected chi connectivity index (χ4v) is 2.95. The Morgan fingerprint density at radius 3 is 2.45 bits per heavy atom. The number of nitrogens with zero attached hydrogens (tertiary/aromatic N) is 1. The van der Waals surface area contributed by atoms with Crippen LogP contribution >= 0.6 is 0 Å². The van der Waals surface area contributed by atoms with E-state index in [1.807, 2.05) is 18.2 Å². The molecule has 1 saturated heterocycles. The largest absolute Gasteiger partial charge is 0.493 e. The molecule has 0 radical (unpaired) electrons. The van der Waals surface area contributed by atoms with Gasteiger partial charge in [0.05, 0.1) is 14.2 Å². The second-order valence-corrected chi connectivity index (χ2v) is 5.55. The number of hydrogen-bond acceptors (Lipinski definition) is 5. The predicted octanol–water partition coefficient (Wildman–Crippen LogP) is 1.64. The smallest absolute Gasteiger partial charge is 0.320 e. The first-order chi connectivity index (χ1) is 10.6. The molecule has 1 fully saturated rings. The Bertz CT molecular complexity index is 515. The molecule has 1 aromatic rings. The van der Waals surface area contributed by atoms with Gasteiger partial charge in [-0.2, -0.15) is 0 Å². The number of methoxy groups -OCH3 is 2. The van der Waals surface area contributed by atoms with Crippen molar-refractivity contribution in [1.29, 1.82) is 0 Å². The first-order valence-corrected chi connectivity index (χ1v) is 7.51. The molecule has 1 heterocycles. The van der Waals surface area contributed by atoms with Gasteiger partial charge >= 0.3 is 5.97 Å². The van der Waals surface area contributed by atoms with E-state index in [1.54, 1.807) is 14.2 Å². The minimum absolute atomic E-state index is 0.0200. The van der Waals surface area contributed by atoms with E-state index in [0.717, 1.165) is 31.5 Å².